The number of carbonyl (C=O) groups is 2. The Morgan fingerprint density at radius 1 is 1.48 bits per heavy atom. The van der Waals surface area contributed by atoms with Gasteiger partial charge in [0.1, 0.15) is 12.1 Å². The van der Waals surface area contributed by atoms with Gasteiger partial charge in [0.2, 0.25) is 5.91 Å². The van der Waals surface area contributed by atoms with E-state index in [1.54, 1.807) is 18.2 Å². The Hall–Kier alpha value is -2.48. The van der Waals surface area contributed by atoms with Crippen molar-refractivity contribution in [3.63, 3.8) is 0 Å². The molecule has 2 atom stereocenters. The number of benzene rings is 1. The number of nitro benzene ring substituents is 1. The second-order valence-corrected chi connectivity index (χ2v) is 5.18. The van der Waals surface area contributed by atoms with Crippen LogP contribution in [-0.4, -0.2) is 42.7 Å². The van der Waals surface area contributed by atoms with Crippen molar-refractivity contribution >= 4 is 17.6 Å². The van der Waals surface area contributed by atoms with Crippen LogP contribution >= 0.6 is 0 Å². The van der Waals surface area contributed by atoms with Gasteiger partial charge in [-0.2, -0.15) is 0 Å². The van der Waals surface area contributed by atoms with Gasteiger partial charge < -0.3 is 14.8 Å². The van der Waals surface area contributed by atoms with Gasteiger partial charge in [-0.25, -0.2) is 4.79 Å². The molecule has 0 saturated carbocycles. The molecule has 0 spiro atoms. The molecule has 1 aliphatic heterocycles. The van der Waals surface area contributed by atoms with Crippen molar-refractivity contribution < 1.29 is 24.0 Å². The lowest BCUT2D eigenvalue weighted by molar-refractivity contribution is -0.385. The van der Waals surface area contributed by atoms with Gasteiger partial charge in [-0.15, -0.1) is 0 Å². The molecule has 0 bridgehead atoms. The molecular formula is C15H18N2O6. The Kier molecular flexibility index (Phi) is 5.64. The largest absolute Gasteiger partial charge is 0.467 e. The number of rotatable bonds is 6. The standard InChI is InChI=1S/C15H18N2O6/c1-22-15(19)11(16-14(18)13-7-4-8-23-13)9-10-5-2-3-6-12(10)17(20)21/h2-3,5-6,11,13H,4,7-9H2,1H3,(H,16,18)/t11-,13-/m1/s1. The number of ether oxygens (including phenoxy) is 2. The van der Waals surface area contributed by atoms with Crippen LogP contribution in [0.1, 0.15) is 18.4 Å². The molecule has 1 aliphatic rings. The van der Waals surface area contributed by atoms with Crippen LogP contribution in [0.3, 0.4) is 0 Å². The summed E-state index contributed by atoms with van der Waals surface area (Å²) in [7, 11) is 1.20. The van der Waals surface area contributed by atoms with Crippen LogP contribution in [0.4, 0.5) is 5.69 Å². The first-order chi connectivity index (χ1) is 11.0. The maximum atomic E-state index is 12.1. The lowest BCUT2D eigenvalue weighted by Crippen LogP contribution is -2.47. The van der Waals surface area contributed by atoms with Crippen molar-refractivity contribution in [2.45, 2.75) is 31.4 Å². The first kappa shape index (κ1) is 16.9. The fourth-order valence-corrected chi connectivity index (χ4v) is 2.47. The number of nitrogens with zero attached hydrogens (tertiary/aromatic N) is 1. The Balaban J connectivity index is 2.14. The maximum absolute atomic E-state index is 12.1. The summed E-state index contributed by atoms with van der Waals surface area (Å²) in [6.45, 7) is 0.505. The van der Waals surface area contributed by atoms with Crippen molar-refractivity contribution in [2.24, 2.45) is 0 Å². The van der Waals surface area contributed by atoms with Crippen LogP contribution in [0.15, 0.2) is 24.3 Å². The van der Waals surface area contributed by atoms with Crippen LogP contribution in [0, 0.1) is 10.1 Å². The van der Waals surface area contributed by atoms with Crippen LogP contribution in [-0.2, 0) is 25.5 Å². The average Bonchev–Trinajstić information content (AvgIpc) is 3.08. The molecule has 8 heteroatoms. The van der Waals surface area contributed by atoms with E-state index in [1.165, 1.54) is 13.2 Å². The van der Waals surface area contributed by atoms with Crippen LogP contribution in [0.2, 0.25) is 0 Å². The average molecular weight is 322 g/mol. The molecule has 0 aliphatic carbocycles. The third-order valence-corrected chi connectivity index (χ3v) is 3.64. The molecule has 2 rings (SSSR count). The first-order valence-electron chi connectivity index (χ1n) is 7.25. The summed E-state index contributed by atoms with van der Waals surface area (Å²) in [4.78, 5) is 34.5. The molecule has 0 aromatic heterocycles. The van der Waals surface area contributed by atoms with E-state index >= 15 is 0 Å². The Morgan fingerprint density at radius 3 is 2.83 bits per heavy atom. The molecule has 1 N–H and O–H groups in total. The summed E-state index contributed by atoms with van der Waals surface area (Å²) in [6.07, 6.45) is 0.756. The second-order valence-electron chi connectivity index (χ2n) is 5.18. The SMILES string of the molecule is COC(=O)[C@@H](Cc1ccccc1[N+](=O)[O-])NC(=O)[C@H]1CCCO1. The predicted octanol–water partition coefficient (Wildman–Crippen LogP) is 0.974. The monoisotopic (exact) mass is 322 g/mol. The van der Waals surface area contributed by atoms with E-state index in [4.69, 9.17) is 4.74 Å². The first-order valence-corrected chi connectivity index (χ1v) is 7.25. The third kappa shape index (κ3) is 4.26. The van der Waals surface area contributed by atoms with E-state index in [1.807, 2.05) is 0 Å². The zero-order chi connectivity index (χ0) is 16.8. The molecule has 0 radical (unpaired) electrons. The Morgan fingerprint density at radius 2 is 2.22 bits per heavy atom. The minimum absolute atomic E-state index is 0.0255. The number of methoxy groups -OCH3 is 1. The molecule has 1 fully saturated rings. The highest BCUT2D eigenvalue weighted by atomic mass is 16.6. The topological polar surface area (TPSA) is 108 Å². The number of carbonyl (C=O) groups excluding carboxylic acids is 2. The maximum Gasteiger partial charge on any atom is 0.328 e. The van der Waals surface area contributed by atoms with Crippen molar-refractivity contribution in [1.82, 2.24) is 5.32 Å². The third-order valence-electron chi connectivity index (χ3n) is 3.64. The normalized spacial score (nSPS) is 18.2. The highest BCUT2D eigenvalue weighted by Gasteiger charge is 2.30. The van der Waals surface area contributed by atoms with Gasteiger partial charge in [0, 0.05) is 24.7 Å². The zero-order valence-corrected chi connectivity index (χ0v) is 12.7. The van der Waals surface area contributed by atoms with Crippen LogP contribution in [0.25, 0.3) is 0 Å². The quantitative estimate of drug-likeness (QED) is 0.475. The molecule has 23 heavy (non-hydrogen) atoms. The molecule has 1 saturated heterocycles. The minimum atomic E-state index is -1.00. The summed E-state index contributed by atoms with van der Waals surface area (Å²) < 4.78 is 9.95. The fraction of sp³-hybridized carbons (Fsp3) is 0.467. The van der Waals surface area contributed by atoms with E-state index in [0.29, 0.717) is 18.6 Å². The van der Waals surface area contributed by atoms with Crippen molar-refractivity contribution in [3.8, 4) is 0 Å². The van der Waals surface area contributed by atoms with Gasteiger partial charge in [0.05, 0.1) is 12.0 Å². The highest BCUT2D eigenvalue weighted by Crippen LogP contribution is 2.20. The van der Waals surface area contributed by atoms with Crippen LogP contribution < -0.4 is 5.32 Å². The van der Waals surface area contributed by atoms with E-state index < -0.39 is 28.9 Å². The van der Waals surface area contributed by atoms with Crippen molar-refractivity contribution in [3.05, 3.63) is 39.9 Å². The lowest BCUT2D eigenvalue weighted by Gasteiger charge is -2.18. The van der Waals surface area contributed by atoms with Crippen LogP contribution in [0.5, 0.6) is 0 Å². The predicted molar refractivity (Wildman–Crippen MR) is 79.7 cm³/mol. The molecule has 0 unspecified atom stereocenters. The van der Waals surface area contributed by atoms with Gasteiger partial charge in [-0.05, 0) is 12.8 Å². The molecule has 1 heterocycles. The van der Waals surface area contributed by atoms with E-state index in [2.05, 4.69) is 10.1 Å². The molecule has 1 amide bonds. The summed E-state index contributed by atoms with van der Waals surface area (Å²) in [5.41, 5.74) is 0.244. The van der Waals surface area contributed by atoms with Gasteiger partial charge >= 0.3 is 5.97 Å². The number of hydrogen-bond donors (Lipinski definition) is 1. The smallest absolute Gasteiger partial charge is 0.328 e. The molecule has 1 aromatic carbocycles. The lowest BCUT2D eigenvalue weighted by atomic mass is 10.0. The molecule has 1 aromatic rings. The fourth-order valence-electron chi connectivity index (χ4n) is 2.47. The van der Waals surface area contributed by atoms with Crippen molar-refractivity contribution in [2.75, 3.05) is 13.7 Å². The summed E-state index contributed by atoms with van der Waals surface area (Å²) in [6, 6.07) is 5.08. The van der Waals surface area contributed by atoms with Gasteiger partial charge in [0.15, 0.2) is 0 Å². The van der Waals surface area contributed by atoms with Gasteiger partial charge in [-0.3, -0.25) is 14.9 Å². The number of hydrogen-bond acceptors (Lipinski definition) is 6. The molecule has 124 valence electrons. The number of nitro groups is 1. The highest BCUT2D eigenvalue weighted by molar-refractivity contribution is 5.87. The zero-order valence-electron chi connectivity index (χ0n) is 12.7. The van der Waals surface area contributed by atoms with E-state index in [0.717, 1.165) is 6.42 Å². The van der Waals surface area contributed by atoms with Gasteiger partial charge in [-0.1, -0.05) is 18.2 Å². The second kappa shape index (κ2) is 7.68. The minimum Gasteiger partial charge on any atom is -0.467 e. The summed E-state index contributed by atoms with van der Waals surface area (Å²) in [5.74, 6) is -1.06. The Labute approximate surface area is 132 Å². The number of amides is 1. The van der Waals surface area contributed by atoms with Gasteiger partial charge in [0.25, 0.3) is 5.69 Å². The van der Waals surface area contributed by atoms with Crippen molar-refractivity contribution in [1.29, 1.82) is 0 Å². The van der Waals surface area contributed by atoms with E-state index in [9.17, 15) is 19.7 Å². The summed E-state index contributed by atoms with van der Waals surface area (Å²) in [5, 5.41) is 13.6. The number of para-hydroxylation sites is 1. The summed E-state index contributed by atoms with van der Waals surface area (Å²) >= 11 is 0. The Bertz CT molecular complexity index is 597. The number of nitrogens with one attached hydrogen (secondary N) is 1. The molecule has 8 nitrogen and oxygen atoms in total. The van der Waals surface area contributed by atoms with E-state index in [-0.39, 0.29) is 12.1 Å². The number of esters is 1. The molecular weight excluding hydrogens is 304 g/mol.